The lowest BCUT2D eigenvalue weighted by Crippen LogP contribution is -2.26. The lowest BCUT2D eigenvalue weighted by atomic mass is 9.91. The van der Waals surface area contributed by atoms with Gasteiger partial charge < -0.3 is 5.32 Å². The number of nitrogens with one attached hydrogen (secondary N) is 1. The van der Waals surface area contributed by atoms with Crippen molar-refractivity contribution in [2.24, 2.45) is 5.92 Å². The Morgan fingerprint density at radius 2 is 2.00 bits per heavy atom. The highest BCUT2D eigenvalue weighted by atomic mass is 32.2. The number of aryl methyl sites for hydroxylation is 1. The normalized spacial score (nSPS) is 24.0. The van der Waals surface area contributed by atoms with Gasteiger partial charge in [-0.05, 0) is 44.2 Å². The van der Waals surface area contributed by atoms with Crippen molar-refractivity contribution in [3.63, 3.8) is 0 Å². The highest BCUT2D eigenvalue weighted by Gasteiger charge is 2.21. The van der Waals surface area contributed by atoms with E-state index in [0.717, 1.165) is 17.7 Å². The second-order valence-electron chi connectivity index (χ2n) is 6.64. The Morgan fingerprint density at radius 3 is 2.67 bits per heavy atom. The first-order valence-electron chi connectivity index (χ1n) is 8.60. The molecule has 2 rings (SSSR count). The van der Waals surface area contributed by atoms with Crippen LogP contribution in [-0.2, 0) is 0 Å². The lowest BCUT2D eigenvalue weighted by Gasteiger charge is -2.28. The zero-order chi connectivity index (χ0) is 15.1. The van der Waals surface area contributed by atoms with E-state index in [1.807, 2.05) is 0 Å². The molecule has 0 saturated heterocycles. The summed E-state index contributed by atoms with van der Waals surface area (Å²) in [5.41, 5.74) is 2.80. The summed E-state index contributed by atoms with van der Waals surface area (Å²) in [7, 11) is 0. The van der Waals surface area contributed by atoms with Crippen molar-refractivity contribution in [1.82, 2.24) is 5.32 Å². The van der Waals surface area contributed by atoms with Crippen LogP contribution in [0.5, 0.6) is 0 Å². The van der Waals surface area contributed by atoms with E-state index >= 15 is 0 Å². The summed E-state index contributed by atoms with van der Waals surface area (Å²) >= 11 is 2.20. The van der Waals surface area contributed by atoms with Gasteiger partial charge in [0.15, 0.2) is 0 Å². The van der Waals surface area contributed by atoms with Crippen LogP contribution in [0, 0.1) is 12.8 Å². The average Bonchev–Trinajstić information content (AvgIpc) is 2.49. The van der Waals surface area contributed by atoms with Gasteiger partial charge >= 0.3 is 0 Å². The van der Waals surface area contributed by atoms with Crippen molar-refractivity contribution in [3.05, 3.63) is 35.4 Å². The van der Waals surface area contributed by atoms with E-state index in [9.17, 15) is 0 Å². The van der Waals surface area contributed by atoms with Gasteiger partial charge in [0, 0.05) is 17.0 Å². The molecule has 1 aromatic carbocycles. The third-order valence-electron chi connectivity index (χ3n) is 4.51. The minimum absolute atomic E-state index is 0.507. The maximum absolute atomic E-state index is 3.74. The number of thioether (sulfide) groups is 1. The number of hydrogen-bond donors (Lipinski definition) is 1. The average molecular weight is 306 g/mol. The van der Waals surface area contributed by atoms with Gasteiger partial charge in [-0.2, -0.15) is 11.8 Å². The van der Waals surface area contributed by atoms with Crippen molar-refractivity contribution in [2.75, 3.05) is 12.3 Å². The molecule has 1 aliphatic carbocycles. The molecule has 0 radical (unpaired) electrons. The topological polar surface area (TPSA) is 12.0 Å². The van der Waals surface area contributed by atoms with Crippen molar-refractivity contribution in [3.8, 4) is 0 Å². The highest BCUT2D eigenvalue weighted by molar-refractivity contribution is 7.99. The van der Waals surface area contributed by atoms with Gasteiger partial charge in [-0.3, -0.25) is 0 Å². The molecule has 0 spiro atoms. The van der Waals surface area contributed by atoms with Gasteiger partial charge in [-0.15, -0.1) is 0 Å². The van der Waals surface area contributed by atoms with Crippen LogP contribution in [-0.4, -0.2) is 17.5 Å². The third kappa shape index (κ3) is 5.67. The molecular weight excluding hydrogens is 274 g/mol. The molecule has 3 unspecified atom stereocenters. The van der Waals surface area contributed by atoms with E-state index in [1.165, 1.54) is 49.0 Å². The molecule has 1 N–H and O–H groups in total. The second-order valence-corrected chi connectivity index (χ2v) is 7.98. The molecule has 0 heterocycles. The molecule has 2 heteroatoms. The number of benzene rings is 1. The van der Waals surface area contributed by atoms with Crippen LogP contribution in [0.25, 0.3) is 0 Å². The Morgan fingerprint density at radius 1 is 1.24 bits per heavy atom. The molecule has 118 valence electrons. The van der Waals surface area contributed by atoms with Crippen LogP contribution in [0.3, 0.4) is 0 Å². The molecule has 21 heavy (non-hydrogen) atoms. The highest BCUT2D eigenvalue weighted by Crippen LogP contribution is 2.33. The van der Waals surface area contributed by atoms with Crippen LogP contribution >= 0.6 is 11.8 Å². The zero-order valence-electron chi connectivity index (χ0n) is 13.9. The van der Waals surface area contributed by atoms with E-state index in [-0.39, 0.29) is 0 Å². The van der Waals surface area contributed by atoms with Gasteiger partial charge in [0.1, 0.15) is 0 Å². The van der Waals surface area contributed by atoms with Gasteiger partial charge in [0.05, 0.1) is 0 Å². The minimum Gasteiger partial charge on any atom is -0.309 e. The van der Waals surface area contributed by atoms with Crippen LogP contribution in [0.1, 0.15) is 63.1 Å². The van der Waals surface area contributed by atoms with Gasteiger partial charge in [-0.1, -0.05) is 56.5 Å². The maximum atomic E-state index is 3.74. The summed E-state index contributed by atoms with van der Waals surface area (Å²) in [6.45, 7) is 7.94. The summed E-state index contributed by atoms with van der Waals surface area (Å²) in [6, 6.07) is 9.58. The van der Waals surface area contributed by atoms with Crippen molar-refractivity contribution in [2.45, 2.75) is 64.2 Å². The first kappa shape index (κ1) is 16.9. The fourth-order valence-electron chi connectivity index (χ4n) is 3.15. The minimum atomic E-state index is 0.507. The van der Waals surface area contributed by atoms with Crippen LogP contribution in [0.2, 0.25) is 0 Å². The largest absolute Gasteiger partial charge is 0.309 e. The Labute approximate surface area is 135 Å². The molecule has 0 aliphatic heterocycles. The van der Waals surface area contributed by atoms with Gasteiger partial charge in [0.2, 0.25) is 0 Å². The van der Waals surface area contributed by atoms with Gasteiger partial charge in [-0.25, -0.2) is 0 Å². The van der Waals surface area contributed by atoms with E-state index in [2.05, 4.69) is 62.1 Å². The predicted molar refractivity (Wildman–Crippen MR) is 96.1 cm³/mol. The predicted octanol–water partition coefficient (Wildman–Crippen LogP) is 5.35. The smallest absolute Gasteiger partial charge is 0.0411 e. The molecule has 1 aliphatic rings. The molecule has 0 aromatic heterocycles. The summed E-state index contributed by atoms with van der Waals surface area (Å²) in [6.07, 6.45) is 6.90. The Bertz CT molecular complexity index is 401. The second kappa shape index (κ2) is 8.85. The summed E-state index contributed by atoms with van der Waals surface area (Å²) < 4.78 is 0. The molecule has 3 atom stereocenters. The molecule has 1 fully saturated rings. The summed E-state index contributed by atoms with van der Waals surface area (Å²) in [5, 5.41) is 4.61. The Balaban J connectivity index is 1.91. The monoisotopic (exact) mass is 305 g/mol. The summed E-state index contributed by atoms with van der Waals surface area (Å²) in [5.74, 6) is 2.14. The molecule has 1 saturated carbocycles. The van der Waals surface area contributed by atoms with Crippen molar-refractivity contribution >= 4 is 11.8 Å². The number of rotatable bonds is 7. The Kier molecular flexibility index (Phi) is 7.12. The molecule has 1 aromatic rings. The fraction of sp³-hybridized carbons (Fsp3) is 0.684. The van der Waals surface area contributed by atoms with Crippen molar-refractivity contribution < 1.29 is 0 Å². The van der Waals surface area contributed by atoms with Gasteiger partial charge in [0.25, 0.3) is 0 Å². The quantitative estimate of drug-likeness (QED) is 0.729. The third-order valence-corrected chi connectivity index (χ3v) is 5.93. The van der Waals surface area contributed by atoms with E-state index < -0.39 is 0 Å². The lowest BCUT2D eigenvalue weighted by molar-refractivity contribution is 0.394. The zero-order valence-corrected chi connectivity index (χ0v) is 14.7. The molecule has 0 amide bonds. The standard InChI is InChI=1S/C19H31NS/c1-4-12-20-19(17-10-8-15(2)9-11-17)14-21-18-7-5-6-16(3)13-18/h8-11,16,18-20H,4-7,12-14H2,1-3H3. The molecular formula is C19H31NS. The summed E-state index contributed by atoms with van der Waals surface area (Å²) in [4.78, 5) is 0. The van der Waals surface area contributed by atoms with Crippen molar-refractivity contribution in [1.29, 1.82) is 0 Å². The first-order chi connectivity index (χ1) is 10.2. The number of hydrogen-bond acceptors (Lipinski definition) is 2. The van der Waals surface area contributed by atoms with Crippen LogP contribution in [0.4, 0.5) is 0 Å². The molecule has 1 nitrogen and oxygen atoms in total. The first-order valence-corrected chi connectivity index (χ1v) is 9.65. The van der Waals surface area contributed by atoms with E-state index in [0.29, 0.717) is 6.04 Å². The Hall–Kier alpha value is -0.470. The molecule has 0 bridgehead atoms. The van der Waals surface area contributed by atoms with Crippen LogP contribution in [0.15, 0.2) is 24.3 Å². The van der Waals surface area contributed by atoms with E-state index in [4.69, 9.17) is 0 Å². The SMILES string of the molecule is CCCNC(CSC1CCCC(C)C1)c1ccc(C)cc1. The maximum Gasteiger partial charge on any atom is 0.0411 e. The fourth-order valence-corrected chi connectivity index (χ4v) is 4.73. The van der Waals surface area contributed by atoms with Crippen LogP contribution < -0.4 is 5.32 Å². The van der Waals surface area contributed by atoms with E-state index in [1.54, 1.807) is 0 Å².